The van der Waals surface area contributed by atoms with E-state index < -0.39 is 5.97 Å². The molecule has 39 heavy (non-hydrogen) atoms. The van der Waals surface area contributed by atoms with Gasteiger partial charge in [0.05, 0.1) is 6.04 Å². The van der Waals surface area contributed by atoms with Gasteiger partial charge in [-0.2, -0.15) is 0 Å². The molecule has 3 atom stereocenters. The lowest BCUT2D eigenvalue weighted by Gasteiger charge is -2.47. The maximum Gasteiger partial charge on any atom is 0.303 e. The first-order chi connectivity index (χ1) is 18.9. The molecular weight excluding hydrogens is 486 g/mol. The number of aryl methyl sites for hydroxylation is 1. The van der Waals surface area contributed by atoms with E-state index in [2.05, 4.69) is 95.1 Å². The quantitative estimate of drug-likeness (QED) is 0.238. The number of unbranched alkanes of at least 4 members (excludes halogenated alkanes) is 1. The number of hydrogen-bond donors (Lipinski definition) is 2. The van der Waals surface area contributed by atoms with Crippen molar-refractivity contribution in [2.75, 3.05) is 13.1 Å². The third-order valence-corrected chi connectivity index (χ3v) is 8.06. The molecular formula is C33H39N3O3. The van der Waals surface area contributed by atoms with Crippen molar-refractivity contribution in [2.24, 2.45) is 0 Å². The highest BCUT2D eigenvalue weighted by atomic mass is 16.4. The fraction of sp³-hybridized carbons (Fsp3) is 0.364. The lowest BCUT2D eigenvalue weighted by molar-refractivity contribution is -0.137. The Morgan fingerprint density at radius 3 is 2.46 bits per heavy atom. The molecule has 1 aromatic heterocycles. The van der Waals surface area contributed by atoms with E-state index >= 15 is 0 Å². The Balaban J connectivity index is 1.44. The minimum absolute atomic E-state index is 0.00758. The van der Waals surface area contributed by atoms with E-state index in [0.29, 0.717) is 18.5 Å². The fourth-order valence-corrected chi connectivity index (χ4v) is 6.02. The van der Waals surface area contributed by atoms with Crippen LogP contribution in [0.5, 0.6) is 5.75 Å². The number of carboxylic acid groups (broad SMARTS) is 1. The van der Waals surface area contributed by atoms with Gasteiger partial charge in [-0.05, 0) is 73.0 Å². The molecule has 0 unspecified atom stereocenters. The summed E-state index contributed by atoms with van der Waals surface area (Å²) < 4.78 is 2.24. The van der Waals surface area contributed by atoms with Crippen LogP contribution in [0, 0.1) is 0 Å². The zero-order valence-corrected chi connectivity index (χ0v) is 22.9. The summed E-state index contributed by atoms with van der Waals surface area (Å²) in [6.07, 6.45) is 3.81. The van der Waals surface area contributed by atoms with Gasteiger partial charge in [-0.3, -0.25) is 14.6 Å². The summed E-state index contributed by atoms with van der Waals surface area (Å²) in [5, 5.41) is 20.6. The van der Waals surface area contributed by atoms with E-state index in [9.17, 15) is 9.90 Å². The SMILES string of the molecule is C[C@@H]1CN([C@@H](c2cccc(O)c2)c2ccc3ccn(CCCCC(=O)O)c3c2)[C@@H](C)CN1Cc1ccccc1. The van der Waals surface area contributed by atoms with Crippen LogP contribution in [-0.2, 0) is 17.9 Å². The predicted octanol–water partition coefficient (Wildman–Crippen LogP) is 6.29. The van der Waals surface area contributed by atoms with Gasteiger partial charge in [0.2, 0.25) is 0 Å². The monoisotopic (exact) mass is 525 g/mol. The molecule has 2 heterocycles. The number of nitrogens with zero attached hydrogens (tertiary/aromatic N) is 3. The normalized spacial score (nSPS) is 19.3. The average Bonchev–Trinajstić information content (AvgIpc) is 3.32. The van der Waals surface area contributed by atoms with Crippen LogP contribution in [0.4, 0.5) is 0 Å². The van der Waals surface area contributed by atoms with Crippen LogP contribution in [0.15, 0.2) is 85.1 Å². The fourth-order valence-electron chi connectivity index (χ4n) is 6.02. The molecule has 0 radical (unpaired) electrons. The molecule has 6 nitrogen and oxygen atoms in total. The number of phenols is 1. The Hall–Kier alpha value is -3.61. The van der Waals surface area contributed by atoms with Crippen LogP contribution in [0.2, 0.25) is 0 Å². The Labute approximate surface area is 231 Å². The van der Waals surface area contributed by atoms with Crippen LogP contribution >= 0.6 is 0 Å². The number of hydrogen-bond acceptors (Lipinski definition) is 4. The number of carbonyl (C=O) groups is 1. The second kappa shape index (κ2) is 12.1. The second-order valence-corrected chi connectivity index (χ2v) is 11.0. The zero-order chi connectivity index (χ0) is 27.4. The standard InChI is InChI=1S/C33H39N3O3/c1-24-22-36(25(2)21-35(24)23-26-9-4-3-5-10-26)33(28-11-8-12-30(37)19-28)29-15-14-27-16-18-34(31(27)20-29)17-7-6-13-32(38)39/h3-5,8-12,14-16,18-20,24-25,33,37H,6-7,13,17,21-23H2,1-2H3,(H,38,39)/t24-,25+,33+/m1/s1. The molecule has 1 saturated heterocycles. The van der Waals surface area contributed by atoms with Crippen LogP contribution in [-0.4, -0.2) is 55.7 Å². The van der Waals surface area contributed by atoms with Crippen molar-refractivity contribution in [1.29, 1.82) is 0 Å². The molecule has 0 saturated carbocycles. The topological polar surface area (TPSA) is 68.9 Å². The molecule has 5 rings (SSSR count). The maximum atomic E-state index is 10.9. The lowest BCUT2D eigenvalue weighted by atomic mass is 9.92. The number of rotatable bonds is 10. The van der Waals surface area contributed by atoms with Gasteiger partial charge in [-0.15, -0.1) is 0 Å². The summed E-state index contributed by atoms with van der Waals surface area (Å²) in [5.41, 5.74) is 4.79. The number of benzene rings is 3. The van der Waals surface area contributed by atoms with Crippen LogP contribution in [0.3, 0.4) is 0 Å². The van der Waals surface area contributed by atoms with Crippen molar-refractivity contribution in [1.82, 2.24) is 14.4 Å². The lowest BCUT2D eigenvalue weighted by Crippen LogP contribution is -2.56. The van der Waals surface area contributed by atoms with E-state index in [1.165, 1.54) is 16.5 Å². The van der Waals surface area contributed by atoms with Gasteiger partial charge in [0.25, 0.3) is 0 Å². The summed E-state index contributed by atoms with van der Waals surface area (Å²) in [5.74, 6) is -0.459. The highest BCUT2D eigenvalue weighted by Crippen LogP contribution is 2.36. The molecule has 1 aliphatic rings. The van der Waals surface area contributed by atoms with Crippen molar-refractivity contribution in [3.63, 3.8) is 0 Å². The van der Waals surface area contributed by atoms with E-state index in [1.54, 1.807) is 6.07 Å². The van der Waals surface area contributed by atoms with Gasteiger partial charge in [0, 0.05) is 56.4 Å². The Morgan fingerprint density at radius 2 is 1.69 bits per heavy atom. The van der Waals surface area contributed by atoms with Gasteiger partial charge in [0.1, 0.15) is 5.75 Å². The molecule has 204 valence electrons. The number of carboxylic acids is 1. The number of phenolic OH excluding ortho intramolecular Hbond substituents is 1. The van der Waals surface area contributed by atoms with E-state index in [4.69, 9.17) is 5.11 Å². The van der Waals surface area contributed by atoms with Gasteiger partial charge in [-0.25, -0.2) is 0 Å². The molecule has 1 aliphatic heterocycles. The first-order valence-electron chi connectivity index (χ1n) is 14.0. The number of aromatic hydroxyl groups is 1. The minimum atomic E-state index is -0.740. The van der Waals surface area contributed by atoms with E-state index in [-0.39, 0.29) is 18.2 Å². The van der Waals surface area contributed by atoms with Crippen LogP contribution in [0.25, 0.3) is 10.9 Å². The molecule has 1 fully saturated rings. The molecule has 0 amide bonds. The van der Waals surface area contributed by atoms with Gasteiger partial charge >= 0.3 is 5.97 Å². The van der Waals surface area contributed by atoms with Gasteiger partial charge < -0.3 is 14.8 Å². The summed E-state index contributed by atoms with van der Waals surface area (Å²) in [4.78, 5) is 16.1. The Morgan fingerprint density at radius 1 is 0.897 bits per heavy atom. The molecule has 0 bridgehead atoms. The number of aromatic nitrogens is 1. The third-order valence-electron chi connectivity index (χ3n) is 8.06. The number of aliphatic carboxylic acids is 1. The number of fused-ring (bicyclic) bond motifs is 1. The van der Waals surface area contributed by atoms with Crippen molar-refractivity contribution in [3.8, 4) is 5.75 Å². The van der Waals surface area contributed by atoms with Crippen molar-refractivity contribution in [3.05, 3.63) is 102 Å². The summed E-state index contributed by atoms with van der Waals surface area (Å²) in [6, 6.07) is 27.9. The molecule has 2 N–H and O–H groups in total. The summed E-state index contributed by atoms with van der Waals surface area (Å²) in [7, 11) is 0. The summed E-state index contributed by atoms with van der Waals surface area (Å²) in [6.45, 7) is 8.24. The van der Waals surface area contributed by atoms with E-state index in [0.717, 1.165) is 43.7 Å². The molecule has 0 aliphatic carbocycles. The molecule has 0 spiro atoms. The van der Waals surface area contributed by atoms with Crippen LogP contribution in [0.1, 0.15) is 55.8 Å². The second-order valence-electron chi connectivity index (χ2n) is 11.0. The smallest absolute Gasteiger partial charge is 0.303 e. The van der Waals surface area contributed by atoms with Gasteiger partial charge in [0.15, 0.2) is 0 Å². The van der Waals surface area contributed by atoms with Gasteiger partial charge in [-0.1, -0.05) is 54.6 Å². The first kappa shape index (κ1) is 27.0. The third kappa shape index (κ3) is 6.35. The highest BCUT2D eigenvalue weighted by Gasteiger charge is 2.35. The van der Waals surface area contributed by atoms with E-state index in [1.807, 2.05) is 12.1 Å². The Bertz CT molecular complexity index is 1400. The summed E-state index contributed by atoms with van der Waals surface area (Å²) >= 11 is 0. The highest BCUT2D eigenvalue weighted by molar-refractivity contribution is 5.81. The Kier molecular flexibility index (Phi) is 8.34. The average molecular weight is 526 g/mol. The molecule has 3 aromatic carbocycles. The minimum Gasteiger partial charge on any atom is -0.508 e. The van der Waals surface area contributed by atoms with Crippen molar-refractivity contribution < 1.29 is 15.0 Å². The molecule has 4 aromatic rings. The zero-order valence-electron chi connectivity index (χ0n) is 22.9. The van der Waals surface area contributed by atoms with Crippen molar-refractivity contribution >= 4 is 16.9 Å². The predicted molar refractivity (Wildman–Crippen MR) is 156 cm³/mol. The first-order valence-corrected chi connectivity index (χ1v) is 14.0. The molecule has 6 heteroatoms. The van der Waals surface area contributed by atoms with Crippen LogP contribution < -0.4 is 0 Å². The van der Waals surface area contributed by atoms with Crippen molar-refractivity contribution in [2.45, 2.75) is 64.3 Å². The number of piperazine rings is 1. The maximum absolute atomic E-state index is 10.9. The largest absolute Gasteiger partial charge is 0.508 e.